The van der Waals surface area contributed by atoms with Crippen LogP contribution < -0.4 is 4.74 Å². The third-order valence-electron chi connectivity index (χ3n) is 3.94. The highest BCUT2D eigenvalue weighted by molar-refractivity contribution is 5.81. The maximum Gasteiger partial charge on any atom is 0.314 e. The van der Waals surface area contributed by atoms with Gasteiger partial charge in [-0.15, -0.1) is 0 Å². The Balaban J connectivity index is 2.36. The van der Waals surface area contributed by atoms with E-state index in [1.807, 2.05) is 0 Å². The number of benzene rings is 1. The molecule has 1 N–H and O–H groups in total. The van der Waals surface area contributed by atoms with E-state index in [1.165, 1.54) is 6.07 Å². The average Bonchev–Trinajstić information content (AvgIpc) is 2.41. The lowest BCUT2D eigenvalue weighted by molar-refractivity contribution is -0.149. The summed E-state index contributed by atoms with van der Waals surface area (Å²) in [5.41, 5.74) is -1.45. The topological polar surface area (TPSA) is 46.5 Å². The Labute approximate surface area is 118 Å². The second-order valence-electron chi connectivity index (χ2n) is 5.14. The Morgan fingerprint density at radius 1 is 1.24 bits per heavy atom. The van der Waals surface area contributed by atoms with E-state index < -0.39 is 42.8 Å². The average molecular weight is 306 g/mol. The Hall–Kier alpha value is -1.79. The molecular formula is C14H14F4O3. The van der Waals surface area contributed by atoms with E-state index in [-0.39, 0.29) is 24.2 Å². The van der Waals surface area contributed by atoms with E-state index in [9.17, 15) is 27.5 Å². The number of hydrogen-bond donors (Lipinski definition) is 1. The van der Waals surface area contributed by atoms with E-state index in [0.717, 1.165) is 12.1 Å². The molecule has 0 radical (unpaired) electrons. The van der Waals surface area contributed by atoms with Gasteiger partial charge >= 0.3 is 5.97 Å². The van der Waals surface area contributed by atoms with Crippen molar-refractivity contribution in [1.29, 1.82) is 0 Å². The van der Waals surface area contributed by atoms with Crippen molar-refractivity contribution in [3.63, 3.8) is 0 Å². The highest BCUT2D eigenvalue weighted by atomic mass is 19.3. The van der Waals surface area contributed by atoms with Crippen molar-refractivity contribution in [2.45, 2.75) is 37.0 Å². The number of carboxylic acids is 1. The predicted molar refractivity (Wildman–Crippen MR) is 65.7 cm³/mol. The first kappa shape index (κ1) is 15.6. The summed E-state index contributed by atoms with van der Waals surface area (Å²) in [6, 6.07) is 3.32. The highest BCUT2D eigenvalue weighted by Crippen LogP contribution is 2.46. The van der Waals surface area contributed by atoms with E-state index in [4.69, 9.17) is 0 Å². The molecule has 116 valence electrons. The van der Waals surface area contributed by atoms with Gasteiger partial charge in [-0.3, -0.25) is 4.79 Å². The Morgan fingerprint density at radius 2 is 1.86 bits per heavy atom. The standard InChI is InChI=1S/C14H14F4O3/c15-8-21-11-2-1-9(7-10(11)16)13(12(19)20)3-5-14(17,18)6-4-13/h1-2,7H,3-6,8H2,(H,19,20). The molecule has 1 aliphatic carbocycles. The summed E-state index contributed by atoms with van der Waals surface area (Å²) in [5, 5.41) is 9.42. The van der Waals surface area contributed by atoms with Crippen molar-refractivity contribution in [2.75, 3.05) is 6.86 Å². The number of carbonyl (C=O) groups is 1. The van der Waals surface area contributed by atoms with Gasteiger partial charge in [-0.25, -0.2) is 17.6 Å². The number of carboxylic acid groups (broad SMARTS) is 1. The summed E-state index contributed by atoms with van der Waals surface area (Å²) in [4.78, 5) is 11.6. The molecular weight excluding hydrogens is 292 g/mol. The van der Waals surface area contributed by atoms with Crippen LogP contribution in [0.2, 0.25) is 0 Å². The minimum Gasteiger partial charge on any atom is -0.481 e. The van der Waals surface area contributed by atoms with E-state index >= 15 is 0 Å². The van der Waals surface area contributed by atoms with Gasteiger partial charge < -0.3 is 9.84 Å². The number of alkyl halides is 3. The maximum atomic E-state index is 13.7. The lowest BCUT2D eigenvalue weighted by Crippen LogP contribution is -2.42. The molecule has 0 heterocycles. The fourth-order valence-electron chi connectivity index (χ4n) is 2.64. The fraction of sp³-hybridized carbons (Fsp3) is 0.500. The first-order valence-electron chi connectivity index (χ1n) is 6.41. The largest absolute Gasteiger partial charge is 0.481 e. The first-order valence-corrected chi connectivity index (χ1v) is 6.41. The molecule has 0 saturated heterocycles. The zero-order chi connectivity index (χ0) is 15.7. The summed E-state index contributed by atoms with van der Waals surface area (Å²) < 4.78 is 56.7. The summed E-state index contributed by atoms with van der Waals surface area (Å²) in [5.74, 6) is -5.42. The van der Waals surface area contributed by atoms with Crippen LogP contribution in [0, 0.1) is 5.82 Å². The van der Waals surface area contributed by atoms with Crippen molar-refractivity contribution >= 4 is 5.97 Å². The molecule has 1 aromatic carbocycles. The monoisotopic (exact) mass is 306 g/mol. The van der Waals surface area contributed by atoms with Gasteiger partial charge in [-0.05, 0) is 30.5 Å². The number of halogens is 4. The molecule has 0 atom stereocenters. The fourth-order valence-corrected chi connectivity index (χ4v) is 2.64. The SMILES string of the molecule is O=C(O)C1(c2ccc(OCF)c(F)c2)CCC(F)(F)CC1. The van der Waals surface area contributed by atoms with Crippen LogP contribution in [0.5, 0.6) is 5.75 Å². The molecule has 0 amide bonds. The van der Waals surface area contributed by atoms with Crippen molar-refractivity contribution < 1.29 is 32.2 Å². The minimum absolute atomic E-state index is 0.0919. The Morgan fingerprint density at radius 3 is 2.33 bits per heavy atom. The van der Waals surface area contributed by atoms with Crippen molar-refractivity contribution in [3.8, 4) is 5.75 Å². The molecule has 1 saturated carbocycles. The highest BCUT2D eigenvalue weighted by Gasteiger charge is 2.49. The summed E-state index contributed by atoms with van der Waals surface area (Å²) in [6.45, 7) is -1.22. The molecule has 21 heavy (non-hydrogen) atoms. The maximum absolute atomic E-state index is 13.7. The summed E-state index contributed by atoms with van der Waals surface area (Å²) in [7, 11) is 0. The van der Waals surface area contributed by atoms with Gasteiger partial charge in [0.1, 0.15) is 0 Å². The van der Waals surface area contributed by atoms with Crippen molar-refractivity contribution in [2.24, 2.45) is 0 Å². The lowest BCUT2D eigenvalue weighted by Gasteiger charge is -2.37. The molecule has 1 fully saturated rings. The molecule has 0 aromatic heterocycles. The summed E-state index contributed by atoms with van der Waals surface area (Å²) in [6.07, 6.45) is -1.69. The molecule has 7 heteroatoms. The van der Waals surface area contributed by atoms with Crippen LogP contribution in [0.15, 0.2) is 18.2 Å². The molecule has 0 spiro atoms. The molecule has 0 unspecified atom stereocenters. The van der Waals surface area contributed by atoms with Crippen LogP contribution in [0.3, 0.4) is 0 Å². The van der Waals surface area contributed by atoms with Gasteiger partial charge in [0.2, 0.25) is 12.8 Å². The minimum atomic E-state index is -2.89. The van der Waals surface area contributed by atoms with Crippen LogP contribution in [-0.2, 0) is 10.2 Å². The van der Waals surface area contributed by atoms with Gasteiger partial charge in [0.05, 0.1) is 5.41 Å². The number of hydrogen-bond acceptors (Lipinski definition) is 2. The van der Waals surface area contributed by atoms with Gasteiger partial charge in [0.15, 0.2) is 11.6 Å². The molecule has 0 aliphatic heterocycles. The van der Waals surface area contributed by atoms with Crippen LogP contribution in [0.1, 0.15) is 31.2 Å². The van der Waals surface area contributed by atoms with Gasteiger partial charge in [-0.2, -0.15) is 0 Å². The van der Waals surface area contributed by atoms with Crippen LogP contribution >= 0.6 is 0 Å². The molecule has 0 bridgehead atoms. The van der Waals surface area contributed by atoms with E-state index in [1.54, 1.807) is 0 Å². The predicted octanol–water partition coefficient (Wildman–Crippen LogP) is 3.66. The molecule has 1 aromatic rings. The number of aliphatic carboxylic acids is 1. The smallest absolute Gasteiger partial charge is 0.314 e. The second kappa shape index (κ2) is 5.54. The normalized spacial score (nSPS) is 20.0. The molecule has 1 aliphatic rings. The van der Waals surface area contributed by atoms with Crippen molar-refractivity contribution in [3.05, 3.63) is 29.6 Å². The molecule has 2 rings (SSSR count). The second-order valence-corrected chi connectivity index (χ2v) is 5.14. The van der Waals surface area contributed by atoms with E-state index in [0.29, 0.717) is 0 Å². The summed E-state index contributed by atoms with van der Waals surface area (Å²) >= 11 is 0. The lowest BCUT2D eigenvalue weighted by atomic mass is 9.68. The van der Waals surface area contributed by atoms with Gasteiger partial charge in [-0.1, -0.05) is 6.07 Å². The zero-order valence-corrected chi connectivity index (χ0v) is 11.0. The zero-order valence-electron chi connectivity index (χ0n) is 11.0. The molecule has 3 nitrogen and oxygen atoms in total. The Bertz CT molecular complexity index is 535. The van der Waals surface area contributed by atoms with Crippen LogP contribution in [-0.4, -0.2) is 23.9 Å². The van der Waals surface area contributed by atoms with Gasteiger partial charge in [0, 0.05) is 12.8 Å². The first-order chi connectivity index (χ1) is 9.81. The van der Waals surface area contributed by atoms with Gasteiger partial charge in [0.25, 0.3) is 0 Å². The van der Waals surface area contributed by atoms with Crippen LogP contribution in [0.25, 0.3) is 0 Å². The number of ether oxygens (including phenoxy) is 1. The Kier molecular flexibility index (Phi) is 4.11. The third-order valence-corrected chi connectivity index (χ3v) is 3.94. The van der Waals surface area contributed by atoms with Crippen LogP contribution in [0.4, 0.5) is 17.6 Å². The van der Waals surface area contributed by atoms with Crippen molar-refractivity contribution in [1.82, 2.24) is 0 Å². The number of rotatable bonds is 4. The van der Waals surface area contributed by atoms with E-state index in [2.05, 4.69) is 4.74 Å². The third kappa shape index (κ3) is 2.96. The quantitative estimate of drug-likeness (QED) is 0.864.